The predicted octanol–water partition coefficient (Wildman–Crippen LogP) is 3.96. The van der Waals surface area contributed by atoms with Gasteiger partial charge in [-0.15, -0.1) is 11.8 Å². The first-order chi connectivity index (χ1) is 9.09. The summed E-state index contributed by atoms with van der Waals surface area (Å²) in [6.45, 7) is 0. The second kappa shape index (κ2) is 5.84. The minimum Gasteiger partial charge on any atom is -0.478 e. The summed E-state index contributed by atoms with van der Waals surface area (Å²) in [5.74, 6) is -2.27. The van der Waals surface area contributed by atoms with Crippen molar-refractivity contribution in [2.24, 2.45) is 0 Å². The molecule has 2 aromatic rings. The Balaban J connectivity index is 2.19. The van der Waals surface area contributed by atoms with Gasteiger partial charge in [0, 0.05) is 10.6 Å². The van der Waals surface area contributed by atoms with Crippen molar-refractivity contribution >= 4 is 17.7 Å². The Bertz CT molecular complexity index is 614. The maximum absolute atomic E-state index is 13.8. The van der Waals surface area contributed by atoms with Crippen LogP contribution in [0.4, 0.5) is 8.78 Å². The Morgan fingerprint density at radius 2 is 1.84 bits per heavy atom. The van der Waals surface area contributed by atoms with E-state index in [1.165, 1.54) is 24.3 Å². The molecule has 0 bridgehead atoms. The Hall–Kier alpha value is -1.88. The van der Waals surface area contributed by atoms with Crippen LogP contribution in [0.25, 0.3) is 0 Å². The van der Waals surface area contributed by atoms with E-state index in [1.807, 2.05) is 0 Å². The summed E-state index contributed by atoms with van der Waals surface area (Å²) in [6.07, 6.45) is 0. The van der Waals surface area contributed by atoms with Gasteiger partial charge in [0.25, 0.3) is 0 Å². The van der Waals surface area contributed by atoms with Crippen molar-refractivity contribution in [2.45, 2.75) is 10.6 Å². The van der Waals surface area contributed by atoms with E-state index in [0.29, 0.717) is 4.90 Å². The first-order valence-electron chi connectivity index (χ1n) is 5.47. The summed E-state index contributed by atoms with van der Waals surface area (Å²) < 4.78 is 27.2. The van der Waals surface area contributed by atoms with Crippen LogP contribution in [-0.4, -0.2) is 11.1 Å². The second-order valence-electron chi connectivity index (χ2n) is 3.80. The third-order valence-electron chi connectivity index (χ3n) is 2.53. The highest BCUT2D eigenvalue weighted by atomic mass is 32.2. The van der Waals surface area contributed by atoms with Crippen LogP contribution < -0.4 is 0 Å². The van der Waals surface area contributed by atoms with Crippen LogP contribution in [0.5, 0.6) is 0 Å². The zero-order valence-corrected chi connectivity index (χ0v) is 10.6. The van der Waals surface area contributed by atoms with Crippen LogP contribution in [0, 0.1) is 11.6 Å². The fraction of sp³-hybridized carbons (Fsp3) is 0.0714. The van der Waals surface area contributed by atoms with Crippen molar-refractivity contribution in [3.8, 4) is 0 Å². The number of thioether (sulfide) groups is 1. The molecule has 0 spiro atoms. The lowest BCUT2D eigenvalue weighted by molar-refractivity contribution is 0.0691. The van der Waals surface area contributed by atoms with Gasteiger partial charge in [0.15, 0.2) is 0 Å². The van der Waals surface area contributed by atoms with Crippen LogP contribution in [-0.2, 0) is 5.75 Å². The first-order valence-corrected chi connectivity index (χ1v) is 6.46. The number of carboxylic acid groups (broad SMARTS) is 1. The molecule has 1 N–H and O–H groups in total. The number of hydrogen-bond acceptors (Lipinski definition) is 2. The van der Waals surface area contributed by atoms with Gasteiger partial charge in [-0.1, -0.05) is 24.3 Å². The van der Waals surface area contributed by atoms with Crippen LogP contribution in [0.3, 0.4) is 0 Å². The summed E-state index contributed by atoms with van der Waals surface area (Å²) >= 11 is 1.13. The van der Waals surface area contributed by atoms with Gasteiger partial charge in [-0.3, -0.25) is 0 Å². The summed E-state index contributed by atoms with van der Waals surface area (Å²) in [7, 11) is 0. The van der Waals surface area contributed by atoms with E-state index < -0.39 is 11.8 Å². The van der Waals surface area contributed by atoms with Crippen LogP contribution in [0.15, 0.2) is 47.4 Å². The number of benzene rings is 2. The highest BCUT2D eigenvalue weighted by Crippen LogP contribution is 2.27. The largest absolute Gasteiger partial charge is 0.478 e. The first kappa shape index (κ1) is 13.5. The SMILES string of the molecule is O=C(O)c1cccc(CSc2ccccc2F)c1F. The van der Waals surface area contributed by atoms with E-state index in [-0.39, 0.29) is 22.7 Å². The molecular weight excluding hydrogens is 270 g/mol. The highest BCUT2D eigenvalue weighted by molar-refractivity contribution is 7.98. The molecule has 0 saturated heterocycles. The van der Waals surface area contributed by atoms with E-state index in [2.05, 4.69) is 0 Å². The van der Waals surface area contributed by atoms with Crippen molar-refractivity contribution in [3.63, 3.8) is 0 Å². The quantitative estimate of drug-likeness (QED) is 0.861. The zero-order valence-electron chi connectivity index (χ0n) is 9.77. The highest BCUT2D eigenvalue weighted by Gasteiger charge is 2.14. The van der Waals surface area contributed by atoms with E-state index in [4.69, 9.17) is 5.11 Å². The lowest BCUT2D eigenvalue weighted by atomic mass is 10.1. The molecule has 0 radical (unpaired) electrons. The zero-order chi connectivity index (χ0) is 13.8. The van der Waals surface area contributed by atoms with E-state index in [0.717, 1.165) is 11.8 Å². The summed E-state index contributed by atoms with van der Waals surface area (Å²) in [5, 5.41) is 8.81. The minimum atomic E-state index is -1.31. The van der Waals surface area contributed by atoms with Crippen LogP contribution >= 0.6 is 11.8 Å². The van der Waals surface area contributed by atoms with Gasteiger partial charge in [0.2, 0.25) is 0 Å². The predicted molar refractivity (Wildman–Crippen MR) is 69.3 cm³/mol. The van der Waals surface area contributed by atoms with Crippen molar-refractivity contribution in [3.05, 3.63) is 65.2 Å². The average Bonchev–Trinajstić information content (AvgIpc) is 2.39. The Morgan fingerprint density at radius 3 is 2.53 bits per heavy atom. The standard InChI is InChI=1S/C14H10F2O2S/c15-11-6-1-2-7-12(11)19-8-9-4-3-5-10(13(9)16)14(17)18/h1-7H,8H2,(H,17,18). The van der Waals surface area contributed by atoms with Crippen molar-refractivity contribution < 1.29 is 18.7 Å². The molecule has 0 aliphatic heterocycles. The molecule has 0 unspecified atom stereocenters. The molecule has 2 rings (SSSR count). The van der Waals surface area contributed by atoms with Crippen molar-refractivity contribution in [1.29, 1.82) is 0 Å². The molecule has 19 heavy (non-hydrogen) atoms. The molecule has 2 aromatic carbocycles. The Morgan fingerprint density at radius 1 is 1.11 bits per heavy atom. The summed E-state index contributed by atoms with van der Waals surface area (Å²) in [5.41, 5.74) is -0.125. The molecule has 0 saturated carbocycles. The number of rotatable bonds is 4. The molecule has 0 atom stereocenters. The number of carbonyl (C=O) groups is 1. The number of halogens is 2. The monoisotopic (exact) mass is 280 g/mol. The Kier molecular flexibility index (Phi) is 4.16. The van der Waals surface area contributed by atoms with Gasteiger partial charge in [-0.25, -0.2) is 13.6 Å². The van der Waals surface area contributed by atoms with Gasteiger partial charge in [0.05, 0.1) is 5.56 Å². The van der Waals surface area contributed by atoms with Crippen molar-refractivity contribution in [2.75, 3.05) is 0 Å². The lowest BCUT2D eigenvalue weighted by Gasteiger charge is -2.06. The molecule has 98 valence electrons. The van der Waals surface area contributed by atoms with Gasteiger partial charge < -0.3 is 5.11 Å². The normalized spacial score (nSPS) is 10.4. The molecule has 0 fully saturated rings. The van der Waals surface area contributed by atoms with Gasteiger partial charge >= 0.3 is 5.97 Å². The average molecular weight is 280 g/mol. The molecule has 5 heteroatoms. The maximum atomic E-state index is 13.8. The molecular formula is C14H10F2O2S. The molecule has 0 heterocycles. The minimum absolute atomic E-state index is 0.174. The van der Waals surface area contributed by atoms with Crippen molar-refractivity contribution in [1.82, 2.24) is 0 Å². The molecule has 0 amide bonds. The number of carboxylic acids is 1. The topological polar surface area (TPSA) is 37.3 Å². The molecule has 0 aliphatic carbocycles. The smallest absolute Gasteiger partial charge is 0.338 e. The fourth-order valence-corrected chi connectivity index (χ4v) is 2.49. The van der Waals surface area contributed by atoms with Crippen LogP contribution in [0.2, 0.25) is 0 Å². The molecule has 0 aliphatic rings. The third kappa shape index (κ3) is 3.12. The van der Waals surface area contributed by atoms with E-state index in [9.17, 15) is 13.6 Å². The van der Waals surface area contributed by atoms with Gasteiger partial charge in [0.1, 0.15) is 11.6 Å². The van der Waals surface area contributed by atoms with Gasteiger partial charge in [-0.2, -0.15) is 0 Å². The van der Waals surface area contributed by atoms with E-state index >= 15 is 0 Å². The fourth-order valence-electron chi connectivity index (χ4n) is 1.57. The maximum Gasteiger partial charge on any atom is 0.338 e. The molecule has 0 aromatic heterocycles. The second-order valence-corrected chi connectivity index (χ2v) is 4.82. The number of aromatic carboxylic acids is 1. The van der Waals surface area contributed by atoms with Crippen LogP contribution in [0.1, 0.15) is 15.9 Å². The third-order valence-corrected chi connectivity index (χ3v) is 3.63. The Labute approximate surface area is 113 Å². The van der Waals surface area contributed by atoms with E-state index in [1.54, 1.807) is 18.2 Å². The molecule has 2 nitrogen and oxygen atoms in total. The lowest BCUT2D eigenvalue weighted by Crippen LogP contribution is -2.02. The summed E-state index contributed by atoms with van der Waals surface area (Å²) in [4.78, 5) is 11.2. The summed E-state index contributed by atoms with van der Waals surface area (Å²) in [6, 6.07) is 10.4. The van der Waals surface area contributed by atoms with Gasteiger partial charge in [-0.05, 0) is 23.8 Å². The number of hydrogen-bond donors (Lipinski definition) is 1.